The molecular formula is C27H37ClN2O6. The van der Waals surface area contributed by atoms with E-state index in [0.29, 0.717) is 37.1 Å². The van der Waals surface area contributed by atoms with Crippen LogP contribution in [-0.2, 0) is 20.8 Å². The van der Waals surface area contributed by atoms with E-state index in [1.807, 2.05) is 45.9 Å². The van der Waals surface area contributed by atoms with Crippen LogP contribution in [0.5, 0.6) is 11.5 Å². The van der Waals surface area contributed by atoms with Gasteiger partial charge >= 0.3 is 5.97 Å². The number of allylic oxidation sites excluding steroid dienone is 3. The van der Waals surface area contributed by atoms with E-state index in [9.17, 15) is 19.8 Å². The van der Waals surface area contributed by atoms with Crippen LogP contribution < -0.4 is 0 Å². The summed E-state index contributed by atoms with van der Waals surface area (Å²) in [7, 11) is 0. The number of carbonyl (C=O) groups is 2. The van der Waals surface area contributed by atoms with Crippen molar-refractivity contribution in [2.75, 3.05) is 26.3 Å². The second kappa shape index (κ2) is 14.5. The molecule has 2 N–H and O–H groups in total. The number of rotatable bonds is 7. The highest BCUT2D eigenvalue weighted by Crippen LogP contribution is 2.37. The molecule has 0 fully saturated rings. The van der Waals surface area contributed by atoms with Gasteiger partial charge in [0.05, 0.1) is 17.3 Å². The number of esters is 1. The van der Waals surface area contributed by atoms with Crippen molar-refractivity contribution in [3.8, 4) is 11.5 Å². The summed E-state index contributed by atoms with van der Waals surface area (Å²) in [6.07, 6.45) is 9.56. The Morgan fingerprint density at radius 3 is 2.39 bits per heavy atom. The molecule has 0 saturated carbocycles. The number of phenols is 2. The molecule has 2 rings (SSSR count). The van der Waals surface area contributed by atoms with Gasteiger partial charge in [0.15, 0.2) is 6.61 Å². The zero-order valence-corrected chi connectivity index (χ0v) is 22.3. The maximum Gasteiger partial charge on any atom is 0.342 e. The minimum absolute atomic E-state index is 0.0343. The number of hydrogen-bond acceptors (Lipinski definition) is 7. The van der Waals surface area contributed by atoms with Gasteiger partial charge in [0.25, 0.3) is 5.91 Å². The van der Waals surface area contributed by atoms with Crippen molar-refractivity contribution in [3.63, 3.8) is 0 Å². The van der Waals surface area contributed by atoms with Gasteiger partial charge in [-0.05, 0) is 42.7 Å². The number of aromatic hydroxyl groups is 2. The molecule has 0 bridgehead atoms. The van der Waals surface area contributed by atoms with Gasteiger partial charge in [0.1, 0.15) is 17.1 Å². The number of oxime groups is 1. The van der Waals surface area contributed by atoms with E-state index in [1.165, 1.54) is 0 Å². The van der Waals surface area contributed by atoms with Crippen LogP contribution >= 0.6 is 11.6 Å². The predicted molar refractivity (Wildman–Crippen MR) is 141 cm³/mol. The third-order valence-corrected chi connectivity index (χ3v) is 5.69. The van der Waals surface area contributed by atoms with Gasteiger partial charge in [0, 0.05) is 25.6 Å². The van der Waals surface area contributed by atoms with Crippen LogP contribution in [0.25, 0.3) is 0 Å². The van der Waals surface area contributed by atoms with E-state index < -0.39 is 11.7 Å². The maximum absolute atomic E-state index is 12.8. The van der Waals surface area contributed by atoms with Crippen LogP contribution in [-0.4, -0.2) is 59.0 Å². The highest BCUT2D eigenvalue weighted by atomic mass is 35.5. The van der Waals surface area contributed by atoms with Crippen LogP contribution in [0.4, 0.5) is 0 Å². The number of amides is 1. The van der Waals surface area contributed by atoms with E-state index >= 15 is 0 Å². The molecule has 9 heteroatoms. The zero-order valence-electron chi connectivity index (χ0n) is 21.5. The highest BCUT2D eigenvalue weighted by molar-refractivity contribution is 6.33. The molecule has 36 heavy (non-hydrogen) atoms. The SMILES string of the molecule is CC(C)CN(CC(C)C)C(=O)CO/N=C1\C=C\CC/C=C/CCOC(=O)c2c(O)cc(O)c(Cl)c2C1. The largest absolute Gasteiger partial charge is 0.507 e. The third-order valence-electron chi connectivity index (χ3n) is 5.27. The van der Waals surface area contributed by atoms with Gasteiger partial charge < -0.3 is 24.7 Å². The van der Waals surface area contributed by atoms with Crippen molar-refractivity contribution in [2.24, 2.45) is 17.0 Å². The van der Waals surface area contributed by atoms with Crippen molar-refractivity contribution < 1.29 is 29.4 Å². The molecule has 1 amide bonds. The lowest BCUT2D eigenvalue weighted by atomic mass is 9.99. The summed E-state index contributed by atoms with van der Waals surface area (Å²) in [4.78, 5) is 32.7. The number of hydrogen-bond donors (Lipinski definition) is 2. The Balaban J connectivity index is 2.34. The average molecular weight is 521 g/mol. The van der Waals surface area contributed by atoms with Crippen LogP contribution in [0.1, 0.15) is 62.9 Å². The normalized spacial score (nSPS) is 17.9. The van der Waals surface area contributed by atoms with Crippen LogP contribution in [0.15, 0.2) is 35.5 Å². The average Bonchev–Trinajstić information content (AvgIpc) is 2.79. The number of fused-ring (bicyclic) bond motifs is 1. The molecule has 1 aliphatic heterocycles. The number of cyclic esters (lactones) is 1. The van der Waals surface area contributed by atoms with E-state index in [-0.39, 0.29) is 47.4 Å². The summed E-state index contributed by atoms with van der Waals surface area (Å²) >= 11 is 6.33. The first kappa shape index (κ1) is 29.2. The van der Waals surface area contributed by atoms with E-state index in [1.54, 1.807) is 11.0 Å². The molecule has 0 saturated heterocycles. The second-order valence-corrected chi connectivity index (χ2v) is 9.96. The van der Waals surface area contributed by atoms with Crippen molar-refractivity contribution in [1.82, 2.24) is 4.90 Å². The Kier molecular flexibility index (Phi) is 11.8. The number of phenolic OH excluding ortho intramolecular Hbond substituents is 2. The molecule has 0 aliphatic carbocycles. The molecular weight excluding hydrogens is 484 g/mol. The van der Waals surface area contributed by atoms with Gasteiger partial charge in [-0.3, -0.25) is 4.79 Å². The van der Waals surface area contributed by atoms with E-state index in [2.05, 4.69) is 5.16 Å². The molecule has 0 radical (unpaired) electrons. The van der Waals surface area contributed by atoms with E-state index in [4.69, 9.17) is 21.2 Å². The first-order valence-electron chi connectivity index (χ1n) is 12.3. The van der Waals surface area contributed by atoms with Crippen LogP contribution in [0, 0.1) is 11.8 Å². The number of ether oxygens (including phenoxy) is 1. The summed E-state index contributed by atoms with van der Waals surface area (Å²) in [5.74, 6) is -1.12. The minimum Gasteiger partial charge on any atom is -0.507 e. The number of nitrogens with zero attached hydrogens (tertiary/aromatic N) is 2. The van der Waals surface area contributed by atoms with Gasteiger partial charge in [-0.1, -0.05) is 62.7 Å². The van der Waals surface area contributed by atoms with E-state index in [0.717, 1.165) is 18.9 Å². The summed E-state index contributed by atoms with van der Waals surface area (Å²) in [5, 5.41) is 24.6. The first-order chi connectivity index (χ1) is 17.1. The smallest absolute Gasteiger partial charge is 0.342 e. The fraction of sp³-hybridized carbons (Fsp3) is 0.519. The quantitative estimate of drug-likeness (QED) is 0.288. The lowest BCUT2D eigenvalue weighted by molar-refractivity contribution is -0.137. The lowest BCUT2D eigenvalue weighted by Gasteiger charge is -2.25. The maximum atomic E-state index is 12.8. The fourth-order valence-corrected chi connectivity index (χ4v) is 3.96. The third kappa shape index (κ3) is 9.22. The Morgan fingerprint density at radius 2 is 1.72 bits per heavy atom. The first-order valence-corrected chi connectivity index (χ1v) is 12.7. The van der Waals surface area contributed by atoms with Gasteiger partial charge in [-0.15, -0.1) is 0 Å². The van der Waals surface area contributed by atoms with Gasteiger partial charge in [-0.25, -0.2) is 4.79 Å². The van der Waals surface area contributed by atoms with Crippen molar-refractivity contribution >= 4 is 29.2 Å². The predicted octanol–water partition coefficient (Wildman–Crippen LogP) is 5.26. The van der Waals surface area contributed by atoms with Gasteiger partial charge in [0.2, 0.25) is 0 Å². The van der Waals surface area contributed by atoms with Crippen LogP contribution in [0.2, 0.25) is 5.02 Å². The zero-order chi connectivity index (χ0) is 26.7. The molecule has 1 aromatic carbocycles. The minimum atomic E-state index is -0.757. The standard InChI is InChI=1S/C27H37ClN2O6/c1-18(2)15-30(16-19(3)4)24(33)17-36-29-20-11-9-7-5-6-8-10-12-35-27(34)25-21(13-20)26(28)23(32)14-22(25)31/h6,8-9,11,14,18-19,31-32H,5,7,10,12-13,15-17H2,1-4H3/b8-6+,11-9+,29-20+. The summed E-state index contributed by atoms with van der Waals surface area (Å²) in [5.41, 5.74) is 0.381. The second-order valence-electron chi connectivity index (χ2n) is 9.58. The van der Waals surface area contributed by atoms with Crippen molar-refractivity contribution in [1.29, 1.82) is 0 Å². The number of halogens is 1. The Hall–Kier alpha value is -3.00. The highest BCUT2D eigenvalue weighted by Gasteiger charge is 2.24. The van der Waals surface area contributed by atoms with Crippen molar-refractivity contribution in [3.05, 3.63) is 46.5 Å². The molecule has 0 atom stereocenters. The molecule has 0 unspecified atom stereocenters. The van der Waals surface area contributed by atoms with Gasteiger partial charge in [-0.2, -0.15) is 0 Å². The van der Waals surface area contributed by atoms with Crippen LogP contribution in [0.3, 0.4) is 0 Å². The summed E-state index contributed by atoms with van der Waals surface area (Å²) in [6, 6.07) is 1.01. The molecule has 1 aliphatic rings. The Labute approximate surface area is 218 Å². The molecule has 0 aromatic heterocycles. The molecule has 8 nitrogen and oxygen atoms in total. The lowest BCUT2D eigenvalue weighted by Crippen LogP contribution is -2.39. The fourth-order valence-electron chi connectivity index (χ4n) is 3.74. The summed E-state index contributed by atoms with van der Waals surface area (Å²) in [6.45, 7) is 9.33. The Bertz CT molecular complexity index is 990. The molecule has 198 valence electrons. The Morgan fingerprint density at radius 1 is 1.08 bits per heavy atom. The monoisotopic (exact) mass is 520 g/mol. The molecule has 0 spiro atoms. The number of carbonyl (C=O) groups excluding carboxylic acids is 2. The number of benzene rings is 1. The van der Waals surface area contributed by atoms with Crippen molar-refractivity contribution in [2.45, 2.75) is 53.4 Å². The molecule has 1 heterocycles. The summed E-state index contributed by atoms with van der Waals surface area (Å²) < 4.78 is 5.30. The topological polar surface area (TPSA) is 109 Å². The molecule has 1 aromatic rings.